The summed E-state index contributed by atoms with van der Waals surface area (Å²) in [6.45, 7) is -5.95. The second-order valence-corrected chi connectivity index (χ2v) is 2.25. The van der Waals surface area contributed by atoms with Gasteiger partial charge in [-0.05, 0) is 0 Å². The van der Waals surface area contributed by atoms with Crippen molar-refractivity contribution in [1.29, 1.82) is 0 Å². The highest BCUT2D eigenvalue weighted by molar-refractivity contribution is 4.95. The van der Waals surface area contributed by atoms with Gasteiger partial charge in [-0.2, -0.15) is 26.3 Å². The molecule has 0 radical (unpaired) electrons. The van der Waals surface area contributed by atoms with Crippen molar-refractivity contribution >= 4 is 0 Å². The minimum Gasteiger partial charge on any atom is -0.244 e. The zero-order chi connectivity index (χ0) is 10.9. The Morgan fingerprint density at radius 1 is 0.615 bits per heavy atom. The SMILES string of the molecule is FCC(F)(F)C(F)(F)C(F)(F)CF. The monoisotopic (exact) mass is 216 g/mol. The fourth-order valence-corrected chi connectivity index (χ4v) is 0.435. The van der Waals surface area contributed by atoms with Crippen molar-refractivity contribution in [3.63, 3.8) is 0 Å². The molecule has 0 saturated carbocycles. The van der Waals surface area contributed by atoms with Crippen molar-refractivity contribution in [2.75, 3.05) is 13.3 Å². The summed E-state index contributed by atoms with van der Waals surface area (Å²) in [6, 6.07) is 0. The maximum atomic E-state index is 12.0. The third kappa shape index (κ3) is 1.86. The molecule has 0 atom stereocenters. The van der Waals surface area contributed by atoms with Gasteiger partial charge in [0, 0.05) is 0 Å². The lowest BCUT2D eigenvalue weighted by molar-refractivity contribution is -0.314. The van der Waals surface area contributed by atoms with E-state index in [0.717, 1.165) is 0 Å². The summed E-state index contributed by atoms with van der Waals surface area (Å²) in [5, 5.41) is 0. The van der Waals surface area contributed by atoms with Crippen LogP contribution in [-0.4, -0.2) is 31.1 Å². The molecule has 0 fully saturated rings. The van der Waals surface area contributed by atoms with E-state index >= 15 is 0 Å². The molecule has 13 heavy (non-hydrogen) atoms. The number of hydrogen-bond donors (Lipinski definition) is 0. The zero-order valence-corrected chi connectivity index (χ0v) is 5.94. The number of alkyl halides is 8. The summed E-state index contributed by atoms with van der Waals surface area (Å²) in [7, 11) is 0. The van der Waals surface area contributed by atoms with Gasteiger partial charge in [0.2, 0.25) is 0 Å². The molecule has 0 rings (SSSR count). The smallest absolute Gasteiger partial charge is 0.244 e. The summed E-state index contributed by atoms with van der Waals surface area (Å²) >= 11 is 0. The van der Waals surface area contributed by atoms with Crippen molar-refractivity contribution in [2.24, 2.45) is 0 Å². The van der Waals surface area contributed by atoms with Gasteiger partial charge < -0.3 is 0 Å². The minimum atomic E-state index is -6.02. The van der Waals surface area contributed by atoms with Crippen LogP contribution in [0.5, 0.6) is 0 Å². The van der Waals surface area contributed by atoms with Gasteiger partial charge in [-0.25, -0.2) is 8.78 Å². The molecule has 0 aromatic heterocycles. The van der Waals surface area contributed by atoms with E-state index in [2.05, 4.69) is 0 Å². The van der Waals surface area contributed by atoms with Crippen molar-refractivity contribution in [3.05, 3.63) is 0 Å². The Bertz CT molecular complexity index is 155. The van der Waals surface area contributed by atoms with Gasteiger partial charge >= 0.3 is 17.8 Å². The van der Waals surface area contributed by atoms with E-state index in [1.165, 1.54) is 0 Å². The molecule has 0 unspecified atom stereocenters. The maximum absolute atomic E-state index is 12.0. The molecule has 0 aliphatic heterocycles. The Morgan fingerprint density at radius 3 is 1.00 bits per heavy atom. The van der Waals surface area contributed by atoms with E-state index in [0.29, 0.717) is 0 Å². The molecule has 0 aromatic rings. The van der Waals surface area contributed by atoms with Crippen LogP contribution >= 0.6 is 0 Å². The van der Waals surface area contributed by atoms with E-state index in [1.807, 2.05) is 0 Å². The van der Waals surface area contributed by atoms with Crippen LogP contribution < -0.4 is 0 Å². The average molecular weight is 216 g/mol. The predicted octanol–water partition coefficient (Wildman–Crippen LogP) is 2.83. The van der Waals surface area contributed by atoms with Crippen molar-refractivity contribution in [1.82, 2.24) is 0 Å². The Morgan fingerprint density at radius 2 is 0.846 bits per heavy atom. The molecule has 0 N–H and O–H groups in total. The van der Waals surface area contributed by atoms with E-state index in [-0.39, 0.29) is 0 Å². The first-order valence-electron chi connectivity index (χ1n) is 2.88. The molecule has 80 valence electrons. The summed E-state index contributed by atoms with van der Waals surface area (Å²) in [5.41, 5.74) is 0. The third-order valence-corrected chi connectivity index (χ3v) is 1.25. The number of halogens is 8. The van der Waals surface area contributed by atoms with Crippen molar-refractivity contribution in [2.45, 2.75) is 17.8 Å². The van der Waals surface area contributed by atoms with E-state index in [1.54, 1.807) is 0 Å². The Hall–Kier alpha value is -0.560. The van der Waals surface area contributed by atoms with E-state index < -0.39 is 31.1 Å². The van der Waals surface area contributed by atoms with E-state index in [4.69, 9.17) is 0 Å². The second kappa shape index (κ2) is 3.30. The third-order valence-electron chi connectivity index (χ3n) is 1.25. The van der Waals surface area contributed by atoms with Crippen LogP contribution in [0.25, 0.3) is 0 Å². The Kier molecular flexibility index (Phi) is 3.16. The first-order valence-corrected chi connectivity index (χ1v) is 2.88. The molecule has 0 aliphatic carbocycles. The maximum Gasteiger partial charge on any atom is 0.377 e. The van der Waals surface area contributed by atoms with Crippen LogP contribution in [0.3, 0.4) is 0 Å². The fraction of sp³-hybridized carbons (Fsp3) is 1.00. The van der Waals surface area contributed by atoms with Crippen LogP contribution in [0.1, 0.15) is 0 Å². The molecular weight excluding hydrogens is 212 g/mol. The standard InChI is InChI=1S/C5H4F8/c6-1-3(8,9)5(12,13)4(10,11)2-7/h1-2H2. The van der Waals surface area contributed by atoms with Gasteiger partial charge in [-0.1, -0.05) is 0 Å². The lowest BCUT2D eigenvalue weighted by Gasteiger charge is -2.29. The van der Waals surface area contributed by atoms with Crippen molar-refractivity contribution in [3.8, 4) is 0 Å². The molecule has 0 amide bonds. The molecule has 0 nitrogen and oxygen atoms in total. The van der Waals surface area contributed by atoms with Gasteiger partial charge in [-0.3, -0.25) is 0 Å². The van der Waals surface area contributed by atoms with Crippen LogP contribution in [0.2, 0.25) is 0 Å². The summed E-state index contributed by atoms with van der Waals surface area (Å²) in [5.74, 6) is -17.2. The molecule has 0 bridgehead atoms. The van der Waals surface area contributed by atoms with Crippen LogP contribution in [0.15, 0.2) is 0 Å². The van der Waals surface area contributed by atoms with E-state index in [9.17, 15) is 35.1 Å². The zero-order valence-electron chi connectivity index (χ0n) is 5.94. The van der Waals surface area contributed by atoms with Crippen LogP contribution in [0.4, 0.5) is 35.1 Å². The molecular formula is C5H4F8. The number of rotatable bonds is 4. The molecule has 0 spiro atoms. The second-order valence-electron chi connectivity index (χ2n) is 2.25. The highest BCUT2D eigenvalue weighted by Crippen LogP contribution is 2.45. The van der Waals surface area contributed by atoms with Gasteiger partial charge in [0.15, 0.2) is 13.3 Å². The Labute approximate surface area is 67.5 Å². The normalized spacial score (nSPS) is 14.8. The first kappa shape index (κ1) is 12.4. The Balaban J connectivity index is 4.95. The summed E-state index contributed by atoms with van der Waals surface area (Å²) < 4.78 is 93.9. The van der Waals surface area contributed by atoms with Crippen LogP contribution in [-0.2, 0) is 0 Å². The predicted molar refractivity (Wildman–Crippen MR) is 26.8 cm³/mol. The van der Waals surface area contributed by atoms with Gasteiger partial charge in [0.25, 0.3) is 0 Å². The topological polar surface area (TPSA) is 0 Å². The lowest BCUT2D eigenvalue weighted by atomic mass is 10.1. The quantitative estimate of drug-likeness (QED) is 0.634. The molecule has 0 aliphatic rings. The average Bonchev–Trinajstić information content (AvgIpc) is 2.03. The first-order chi connectivity index (χ1) is 5.62. The minimum absolute atomic E-state index is 2.98. The molecule has 8 heteroatoms. The number of hydrogen-bond acceptors (Lipinski definition) is 0. The summed E-state index contributed by atoms with van der Waals surface area (Å²) in [4.78, 5) is 0. The molecule has 0 heterocycles. The lowest BCUT2D eigenvalue weighted by Crippen LogP contribution is -2.56. The highest BCUT2D eigenvalue weighted by Gasteiger charge is 2.71. The largest absolute Gasteiger partial charge is 0.377 e. The summed E-state index contributed by atoms with van der Waals surface area (Å²) in [6.07, 6.45) is 0. The van der Waals surface area contributed by atoms with Crippen LogP contribution in [0, 0.1) is 0 Å². The molecule has 0 aromatic carbocycles. The van der Waals surface area contributed by atoms with Crippen molar-refractivity contribution < 1.29 is 35.1 Å². The van der Waals surface area contributed by atoms with Gasteiger partial charge in [0.1, 0.15) is 0 Å². The highest BCUT2D eigenvalue weighted by atomic mass is 19.3. The molecule has 0 saturated heterocycles. The fourth-order valence-electron chi connectivity index (χ4n) is 0.435. The van der Waals surface area contributed by atoms with Gasteiger partial charge in [0.05, 0.1) is 0 Å². The van der Waals surface area contributed by atoms with Gasteiger partial charge in [-0.15, -0.1) is 0 Å².